The van der Waals surface area contributed by atoms with Gasteiger partial charge in [0, 0.05) is 6.92 Å². The summed E-state index contributed by atoms with van der Waals surface area (Å²) in [5.74, 6) is -3.62. The Hall–Kier alpha value is -2.12. The fourth-order valence-corrected chi connectivity index (χ4v) is 2.05. The van der Waals surface area contributed by atoms with E-state index in [4.69, 9.17) is 4.74 Å². The van der Waals surface area contributed by atoms with Gasteiger partial charge in [0.15, 0.2) is 0 Å². The number of ether oxygens (including phenoxy) is 1. The van der Waals surface area contributed by atoms with E-state index >= 15 is 0 Å². The van der Waals surface area contributed by atoms with Crippen molar-refractivity contribution in [3.05, 3.63) is 0 Å². The molecule has 0 aliphatic heterocycles. The van der Waals surface area contributed by atoms with Crippen LogP contribution in [0, 0.1) is 11.8 Å². The first-order valence-electron chi connectivity index (χ1n) is 7.56. The molecule has 0 saturated heterocycles. The highest BCUT2D eigenvalue weighted by atomic mass is 16.5. The summed E-state index contributed by atoms with van der Waals surface area (Å²) in [6.07, 6.45) is -0.127. The van der Waals surface area contributed by atoms with Crippen molar-refractivity contribution in [1.29, 1.82) is 0 Å². The molecule has 0 bridgehead atoms. The second kappa shape index (κ2) is 9.81. The van der Waals surface area contributed by atoms with Crippen molar-refractivity contribution >= 4 is 23.8 Å². The Morgan fingerprint density at radius 2 is 1.61 bits per heavy atom. The maximum atomic E-state index is 12.2. The summed E-state index contributed by atoms with van der Waals surface area (Å²) in [4.78, 5) is 46.3. The predicted molar refractivity (Wildman–Crippen MR) is 82.4 cm³/mol. The van der Waals surface area contributed by atoms with Gasteiger partial charge in [-0.15, -0.1) is 0 Å². The number of carbonyl (C=O) groups excluding carboxylic acids is 3. The standard InChI is InChI=1S/C15H26N2O6/c1-6-23-11(19)7-9(4)13(15(21)22)17-14(20)12(8(2)3)16-10(5)18/h8-9,12-13H,6-7H2,1-5H3,(H,16,18)(H,17,20)(H,21,22)/t9-,12-,13-/m1/s1. The third-order valence-corrected chi connectivity index (χ3v) is 3.23. The smallest absolute Gasteiger partial charge is 0.326 e. The molecule has 0 unspecified atom stereocenters. The summed E-state index contributed by atoms with van der Waals surface area (Å²) in [5.41, 5.74) is 0. The molecule has 0 aromatic rings. The number of amides is 2. The summed E-state index contributed by atoms with van der Waals surface area (Å²) in [6.45, 7) is 8.14. The third-order valence-electron chi connectivity index (χ3n) is 3.23. The van der Waals surface area contributed by atoms with Crippen LogP contribution in [-0.2, 0) is 23.9 Å². The Morgan fingerprint density at radius 3 is 2.00 bits per heavy atom. The fraction of sp³-hybridized carbons (Fsp3) is 0.733. The molecular weight excluding hydrogens is 304 g/mol. The zero-order valence-corrected chi connectivity index (χ0v) is 14.2. The molecule has 132 valence electrons. The van der Waals surface area contributed by atoms with E-state index in [-0.39, 0.29) is 24.9 Å². The monoisotopic (exact) mass is 330 g/mol. The Morgan fingerprint density at radius 1 is 1.04 bits per heavy atom. The van der Waals surface area contributed by atoms with Crippen LogP contribution in [0.4, 0.5) is 0 Å². The molecule has 0 spiro atoms. The molecule has 0 aromatic carbocycles. The number of rotatable bonds is 9. The second-order valence-corrected chi connectivity index (χ2v) is 5.73. The number of nitrogens with one attached hydrogen (secondary N) is 2. The van der Waals surface area contributed by atoms with Crippen LogP contribution in [0.5, 0.6) is 0 Å². The van der Waals surface area contributed by atoms with E-state index in [2.05, 4.69) is 10.6 Å². The molecule has 3 atom stereocenters. The number of hydrogen-bond donors (Lipinski definition) is 3. The lowest BCUT2D eigenvalue weighted by Crippen LogP contribution is -2.55. The minimum atomic E-state index is -1.25. The highest BCUT2D eigenvalue weighted by Crippen LogP contribution is 2.12. The molecular formula is C15H26N2O6. The van der Waals surface area contributed by atoms with Crippen LogP contribution >= 0.6 is 0 Å². The van der Waals surface area contributed by atoms with Crippen molar-refractivity contribution in [2.45, 2.75) is 53.1 Å². The number of esters is 1. The van der Waals surface area contributed by atoms with Crippen LogP contribution in [0.1, 0.15) is 41.0 Å². The molecule has 0 radical (unpaired) electrons. The average molecular weight is 330 g/mol. The number of carboxylic acid groups (broad SMARTS) is 1. The highest BCUT2D eigenvalue weighted by Gasteiger charge is 2.32. The fourth-order valence-electron chi connectivity index (χ4n) is 2.05. The van der Waals surface area contributed by atoms with Gasteiger partial charge in [-0.3, -0.25) is 14.4 Å². The van der Waals surface area contributed by atoms with Gasteiger partial charge in [-0.05, 0) is 18.8 Å². The van der Waals surface area contributed by atoms with Gasteiger partial charge in [0.1, 0.15) is 12.1 Å². The lowest BCUT2D eigenvalue weighted by atomic mass is 9.96. The van der Waals surface area contributed by atoms with Crippen LogP contribution in [0.15, 0.2) is 0 Å². The summed E-state index contributed by atoms with van der Waals surface area (Å²) < 4.78 is 4.78. The first-order valence-corrected chi connectivity index (χ1v) is 7.56. The van der Waals surface area contributed by atoms with E-state index in [1.165, 1.54) is 6.92 Å². The van der Waals surface area contributed by atoms with Crippen molar-refractivity contribution in [2.75, 3.05) is 6.61 Å². The largest absolute Gasteiger partial charge is 0.480 e. The van der Waals surface area contributed by atoms with Gasteiger partial charge in [-0.2, -0.15) is 0 Å². The van der Waals surface area contributed by atoms with Gasteiger partial charge in [0.25, 0.3) is 0 Å². The van der Waals surface area contributed by atoms with Crippen LogP contribution in [0.2, 0.25) is 0 Å². The van der Waals surface area contributed by atoms with Gasteiger partial charge < -0.3 is 20.5 Å². The average Bonchev–Trinajstić information content (AvgIpc) is 2.40. The van der Waals surface area contributed by atoms with E-state index in [0.29, 0.717) is 0 Å². The molecule has 8 heteroatoms. The van der Waals surface area contributed by atoms with Gasteiger partial charge in [-0.25, -0.2) is 4.79 Å². The van der Waals surface area contributed by atoms with E-state index in [1.807, 2.05) is 0 Å². The van der Waals surface area contributed by atoms with Crippen molar-refractivity contribution < 1.29 is 29.0 Å². The molecule has 0 rings (SSSR count). The van der Waals surface area contributed by atoms with E-state index in [9.17, 15) is 24.3 Å². The van der Waals surface area contributed by atoms with Crippen molar-refractivity contribution in [1.82, 2.24) is 10.6 Å². The molecule has 3 N–H and O–H groups in total. The molecule has 0 fully saturated rings. The van der Waals surface area contributed by atoms with Crippen LogP contribution in [0.25, 0.3) is 0 Å². The van der Waals surface area contributed by atoms with Crippen LogP contribution in [0.3, 0.4) is 0 Å². The minimum Gasteiger partial charge on any atom is -0.480 e. The van der Waals surface area contributed by atoms with Crippen LogP contribution in [-0.4, -0.2) is 47.6 Å². The number of hydrogen-bond acceptors (Lipinski definition) is 5. The Kier molecular flexibility index (Phi) is 8.90. The SMILES string of the molecule is CCOC(=O)C[C@@H](C)[C@@H](NC(=O)[C@H](NC(C)=O)C(C)C)C(=O)O. The van der Waals surface area contributed by atoms with E-state index in [1.54, 1.807) is 27.7 Å². The maximum absolute atomic E-state index is 12.2. The van der Waals surface area contributed by atoms with Gasteiger partial charge in [0.2, 0.25) is 11.8 Å². The number of carbonyl (C=O) groups is 4. The minimum absolute atomic E-state index is 0.127. The molecule has 2 amide bonds. The topological polar surface area (TPSA) is 122 Å². The molecule has 23 heavy (non-hydrogen) atoms. The second-order valence-electron chi connectivity index (χ2n) is 5.73. The molecule has 0 aliphatic rings. The quantitative estimate of drug-likeness (QED) is 0.523. The summed E-state index contributed by atoms with van der Waals surface area (Å²) in [7, 11) is 0. The van der Waals surface area contributed by atoms with E-state index < -0.39 is 35.8 Å². The predicted octanol–water partition coefficient (Wildman–Crippen LogP) is 0.306. The van der Waals surface area contributed by atoms with Gasteiger partial charge >= 0.3 is 11.9 Å². The third kappa shape index (κ3) is 7.62. The summed E-state index contributed by atoms with van der Waals surface area (Å²) in [6, 6.07) is -2.09. The normalized spacial score (nSPS) is 14.5. The van der Waals surface area contributed by atoms with Crippen molar-refractivity contribution in [3.63, 3.8) is 0 Å². The zero-order chi connectivity index (χ0) is 18.2. The van der Waals surface area contributed by atoms with Gasteiger partial charge in [-0.1, -0.05) is 20.8 Å². The molecule has 0 saturated carbocycles. The lowest BCUT2D eigenvalue weighted by molar-refractivity contribution is -0.147. The summed E-state index contributed by atoms with van der Waals surface area (Å²) in [5, 5.41) is 14.2. The maximum Gasteiger partial charge on any atom is 0.326 e. The lowest BCUT2D eigenvalue weighted by Gasteiger charge is -2.26. The first kappa shape index (κ1) is 20.9. The Bertz CT molecular complexity index is 449. The summed E-state index contributed by atoms with van der Waals surface area (Å²) >= 11 is 0. The first-order chi connectivity index (χ1) is 10.6. The van der Waals surface area contributed by atoms with Gasteiger partial charge in [0.05, 0.1) is 13.0 Å². The Labute approximate surface area is 136 Å². The number of aliphatic carboxylic acids is 1. The molecule has 0 aliphatic carbocycles. The van der Waals surface area contributed by atoms with Crippen LogP contribution < -0.4 is 10.6 Å². The van der Waals surface area contributed by atoms with Crippen molar-refractivity contribution in [3.8, 4) is 0 Å². The molecule has 8 nitrogen and oxygen atoms in total. The molecule has 0 aromatic heterocycles. The Balaban J connectivity index is 4.97. The molecule has 0 heterocycles. The zero-order valence-electron chi connectivity index (χ0n) is 14.2. The van der Waals surface area contributed by atoms with E-state index in [0.717, 1.165) is 0 Å². The number of carboxylic acids is 1. The van der Waals surface area contributed by atoms with Crippen molar-refractivity contribution in [2.24, 2.45) is 11.8 Å². The highest BCUT2D eigenvalue weighted by molar-refractivity contribution is 5.90.